The highest BCUT2D eigenvalue weighted by Crippen LogP contribution is 2.48. The Labute approximate surface area is 175 Å². The summed E-state index contributed by atoms with van der Waals surface area (Å²) in [7, 11) is 0. The minimum atomic E-state index is -0.534. The van der Waals surface area contributed by atoms with Gasteiger partial charge in [0, 0.05) is 11.5 Å². The molecule has 0 bridgehead atoms. The molecule has 1 aromatic carbocycles. The average molecular weight is 401 g/mol. The molecule has 4 heteroatoms. The van der Waals surface area contributed by atoms with Crippen molar-refractivity contribution in [2.24, 2.45) is 5.92 Å². The summed E-state index contributed by atoms with van der Waals surface area (Å²) in [5.74, 6) is -0.748. The van der Waals surface area contributed by atoms with Crippen molar-refractivity contribution < 1.29 is 19.7 Å². The van der Waals surface area contributed by atoms with Crippen LogP contribution in [0, 0.1) is 5.92 Å². The molecule has 0 spiro atoms. The number of hydrogen-bond donors (Lipinski definition) is 2. The maximum atomic E-state index is 12.9. The topological polar surface area (TPSA) is 66.8 Å². The zero-order chi connectivity index (χ0) is 21.7. The van der Waals surface area contributed by atoms with Gasteiger partial charge >= 0.3 is 5.97 Å². The quantitative estimate of drug-likeness (QED) is 0.300. The molecule has 0 saturated carbocycles. The third-order valence-corrected chi connectivity index (χ3v) is 5.71. The number of ether oxygens (including phenoxy) is 1. The highest BCUT2D eigenvalue weighted by atomic mass is 16.5. The molecule has 0 radical (unpaired) electrons. The molecule has 0 heterocycles. The fourth-order valence-electron chi connectivity index (χ4n) is 4.22. The molecular weight excluding hydrogens is 364 g/mol. The maximum Gasteiger partial charge on any atom is 0.342 e. The summed E-state index contributed by atoms with van der Waals surface area (Å²) < 4.78 is 5.43. The Morgan fingerprint density at radius 3 is 2.59 bits per heavy atom. The number of phenols is 2. The summed E-state index contributed by atoms with van der Waals surface area (Å²) in [5.41, 5.74) is 3.47. The molecule has 1 aromatic rings. The van der Waals surface area contributed by atoms with Crippen LogP contribution in [0.5, 0.6) is 11.5 Å². The lowest BCUT2D eigenvalue weighted by atomic mass is 9.73. The minimum absolute atomic E-state index is 0.0392. The third kappa shape index (κ3) is 5.43. The lowest BCUT2D eigenvalue weighted by Gasteiger charge is -2.32. The van der Waals surface area contributed by atoms with Crippen LogP contribution in [-0.4, -0.2) is 22.3 Å². The van der Waals surface area contributed by atoms with Crippen molar-refractivity contribution in [3.63, 3.8) is 0 Å². The number of allylic oxidation sites excluding steroid dienone is 3. The number of hydrogen-bond acceptors (Lipinski definition) is 4. The second kappa shape index (κ2) is 10.00. The largest absolute Gasteiger partial charge is 0.507 e. The molecule has 0 fully saturated rings. The lowest BCUT2D eigenvalue weighted by Crippen LogP contribution is -2.19. The van der Waals surface area contributed by atoms with Gasteiger partial charge in [0.25, 0.3) is 0 Å². The molecule has 0 aliphatic heterocycles. The highest BCUT2D eigenvalue weighted by Gasteiger charge is 2.33. The molecule has 2 atom stereocenters. The van der Waals surface area contributed by atoms with E-state index in [1.54, 1.807) is 19.9 Å². The monoisotopic (exact) mass is 400 g/mol. The number of carbonyl (C=O) groups is 1. The molecule has 2 rings (SSSR count). The Hall–Kier alpha value is -2.23. The summed E-state index contributed by atoms with van der Waals surface area (Å²) in [6.07, 6.45) is 7.24. The molecule has 4 nitrogen and oxygen atoms in total. The van der Waals surface area contributed by atoms with Crippen LogP contribution in [0.2, 0.25) is 0 Å². The Balaban J connectivity index is 2.62. The SMILES string of the molecule is C=C(C)[C@@H]1CCC(C)=C[C@H]1c1c(O)cc(CCCCC)c(C(=O)OC(C)C)c1O. The standard InChI is InChI=1S/C25H36O4/c1-7-8-9-10-18-14-21(26)23(24(27)22(18)25(28)29-16(4)5)20-13-17(6)11-12-19(20)15(2)3/h13-14,16,19-20,26-27H,2,7-12H2,1,3-6H3/t19-,20+/m0/s1. The van der Waals surface area contributed by atoms with Gasteiger partial charge in [-0.25, -0.2) is 4.79 Å². The van der Waals surface area contributed by atoms with Gasteiger partial charge in [0.1, 0.15) is 17.1 Å². The number of unbranched alkanes of at least 4 members (excludes halogenated alkanes) is 2. The number of aromatic hydroxyl groups is 2. The van der Waals surface area contributed by atoms with Gasteiger partial charge in [0.2, 0.25) is 0 Å². The van der Waals surface area contributed by atoms with E-state index < -0.39 is 5.97 Å². The van der Waals surface area contributed by atoms with Crippen LogP contribution in [0.3, 0.4) is 0 Å². The van der Waals surface area contributed by atoms with Crippen LogP contribution in [-0.2, 0) is 11.2 Å². The first-order chi connectivity index (χ1) is 13.7. The van der Waals surface area contributed by atoms with Crippen LogP contribution in [0.4, 0.5) is 0 Å². The number of aryl methyl sites for hydroxylation is 1. The van der Waals surface area contributed by atoms with Gasteiger partial charge in [-0.15, -0.1) is 0 Å². The van der Waals surface area contributed by atoms with E-state index in [1.165, 1.54) is 5.57 Å². The van der Waals surface area contributed by atoms with Crippen LogP contribution in [0.25, 0.3) is 0 Å². The number of carbonyl (C=O) groups excluding carboxylic acids is 1. The second-order valence-electron chi connectivity index (χ2n) is 8.63. The molecular formula is C25H36O4. The predicted octanol–water partition coefficient (Wildman–Crippen LogP) is 6.41. The van der Waals surface area contributed by atoms with Gasteiger partial charge in [-0.1, -0.05) is 43.6 Å². The highest BCUT2D eigenvalue weighted by molar-refractivity contribution is 5.95. The van der Waals surface area contributed by atoms with Gasteiger partial charge in [-0.3, -0.25) is 0 Å². The number of phenolic OH excluding ortho intramolecular Hbond substituents is 2. The van der Waals surface area contributed by atoms with Gasteiger partial charge in [-0.2, -0.15) is 0 Å². The molecule has 2 N–H and O–H groups in total. The molecule has 0 saturated heterocycles. The molecule has 1 aliphatic carbocycles. The van der Waals surface area contributed by atoms with Crippen molar-refractivity contribution in [1.29, 1.82) is 0 Å². The van der Waals surface area contributed by atoms with Crippen LogP contribution in [0.15, 0.2) is 29.9 Å². The number of benzene rings is 1. The summed E-state index contributed by atoms with van der Waals surface area (Å²) >= 11 is 0. The van der Waals surface area contributed by atoms with Crippen molar-refractivity contribution >= 4 is 5.97 Å². The zero-order valence-corrected chi connectivity index (χ0v) is 18.5. The molecule has 1 aliphatic rings. The molecule has 0 amide bonds. The van der Waals surface area contributed by atoms with Crippen molar-refractivity contribution in [3.05, 3.63) is 46.6 Å². The van der Waals surface area contributed by atoms with Gasteiger partial charge in [-0.05, 0) is 70.9 Å². The molecule has 160 valence electrons. The van der Waals surface area contributed by atoms with Gasteiger partial charge in [0.15, 0.2) is 0 Å². The van der Waals surface area contributed by atoms with Crippen LogP contribution in [0.1, 0.15) is 94.1 Å². The lowest BCUT2D eigenvalue weighted by molar-refractivity contribution is 0.0373. The minimum Gasteiger partial charge on any atom is -0.507 e. The first-order valence-electron chi connectivity index (χ1n) is 10.8. The summed E-state index contributed by atoms with van der Waals surface area (Å²) in [4.78, 5) is 12.9. The first-order valence-corrected chi connectivity index (χ1v) is 10.8. The summed E-state index contributed by atoms with van der Waals surface area (Å²) in [5, 5.41) is 22.1. The van der Waals surface area contributed by atoms with E-state index in [-0.39, 0.29) is 35.0 Å². The fraction of sp³-hybridized carbons (Fsp3) is 0.560. The Kier molecular flexibility index (Phi) is 7.95. The fourth-order valence-corrected chi connectivity index (χ4v) is 4.22. The average Bonchev–Trinajstić information content (AvgIpc) is 2.60. The second-order valence-corrected chi connectivity index (χ2v) is 8.63. The Morgan fingerprint density at radius 1 is 1.31 bits per heavy atom. The van der Waals surface area contributed by atoms with Gasteiger partial charge in [0.05, 0.1) is 6.10 Å². The van der Waals surface area contributed by atoms with Crippen molar-refractivity contribution in [1.82, 2.24) is 0 Å². The number of rotatable bonds is 8. The summed E-state index contributed by atoms with van der Waals surface area (Å²) in [6.45, 7) is 13.8. The van der Waals surface area contributed by atoms with E-state index in [1.807, 2.05) is 6.92 Å². The normalized spacial score (nSPS) is 19.2. The first kappa shape index (κ1) is 23.1. The third-order valence-electron chi connectivity index (χ3n) is 5.71. The molecule has 0 aromatic heterocycles. The van der Waals surface area contributed by atoms with Crippen molar-refractivity contribution in [3.8, 4) is 11.5 Å². The van der Waals surface area contributed by atoms with E-state index in [9.17, 15) is 15.0 Å². The maximum absolute atomic E-state index is 12.9. The van der Waals surface area contributed by atoms with Crippen molar-refractivity contribution in [2.45, 2.75) is 85.2 Å². The van der Waals surface area contributed by atoms with E-state index in [4.69, 9.17) is 4.74 Å². The van der Waals surface area contributed by atoms with E-state index in [2.05, 4.69) is 26.5 Å². The van der Waals surface area contributed by atoms with E-state index >= 15 is 0 Å². The van der Waals surface area contributed by atoms with Crippen molar-refractivity contribution in [2.75, 3.05) is 0 Å². The van der Waals surface area contributed by atoms with Crippen LogP contribution < -0.4 is 0 Å². The summed E-state index contributed by atoms with van der Waals surface area (Å²) in [6, 6.07) is 1.65. The Bertz CT molecular complexity index is 789. The van der Waals surface area contributed by atoms with E-state index in [0.717, 1.165) is 37.7 Å². The molecule has 29 heavy (non-hydrogen) atoms. The zero-order valence-electron chi connectivity index (χ0n) is 18.5. The van der Waals surface area contributed by atoms with Crippen LogP contribution >= 0.6 is 0 Å². The molecule has 0 unspecified atom stereocenters. The van der Waals surface area contributed by atoms with E-state index in [0.29, 0.717) is 17.5 Å². The smallest absolute Gasteiger partial charge is 0.342 e. The predicted molar refractivity (Wildman–Crippen MR) is 118 cm³/mol. The van der Waals surface area contributed by atoms with Gasteiger partial charge < -0.3 is 14.9 Å². The Morgan fingerprint density at radius 2 is 2.00 bits per heavy atom. The number of esters is 1.